The number of nitrogens with two attached hydrogens (primary N) is 1. The largest absolute Gasteiger partial charge is 0.394 e. The molecule has 0 bridgehead atoms. The molecule has 3 rings (SSSR count). The Balaban J connectivity index is 1.91. The van der Waals surface area contributed by atoms with Crippen LogP contribution in [0.15, 0.2) is 11.1 Å². The van der Waals surface area contributed by atoms with Crippen LogP contribution in [0.1, 0.15) is 6.23 Å². The summed E-state index contributed by atoms with van der Waals surface area (Å²) in [5.41, 5.74) is 5.32. The second kappa shape index (κ2) is 6.83. The maximum Gasteiger partial charge on any atom is 0.280 e. The van der Waals surface area contributed by atoms with Gasteiger partial charge in [-0.15, -0.1) is 0 Å². The molecule has 3 heterocycles. The zero-order chi connectivity index (χ0) is 17.3. The molecule has 132 valence electrons. The highest BCUT2D eigenvalue weighted by Gasteiger charge is 2.45. The van der Waals surface area contributed by atoms with Crippen molar-refractivity contribution in [3.8, 4) is 0 Å². The van der Waals surface area contributed by atoms with Crippen molar-refractivity contribution in [1.29, 1.82) is 0 Å². The number of rotatable bonds is 6. The van der Waals surface area contributed by atoms with Crippen molar-refractivity contribution in [3.63, 3.8) is 0 Å². The summed E-state index contributed by atoms with van der Waals surface area (Å²) in [5.74, 6) is -0.0756. The topological polar surface area (TPSA) is 158 Å². The number of imidazole rings is 1. The molecule has 24 heavy (non-hydrogen) atoms. The average Bonchev–Trinajstić information content (AvgIpc) is 3.09. The molecule has 5 N–H and O–H groups in total. The molecule has 2 aromatic heterocycles. The Morgan fingerprint density at radius 2 is 2.29 bits per heavy atom. The Kier molecular flexibility index (Phi) is 4.78. The van der Waals surface area contributed by atoms with Gasteiger partial charge in [-0.1, -0.05) is 0 Å². The first-order valence-electron chi connectivity index (χ1n) is 7.34. The fourth-order valence-electron chi connectivity index (χ4n) is 2.70. The van der Waals surface area contributed by atoms with Crippen molar-refractivity contribution in [1.82, 2.24) is 19.5 Å². The van der Waals surface area contributed by atoms with Crippen LogP contribution < -0.4 is 11.3 Å². The number of aliphatic hydroxyl groups is 2. The molecule has 1 aliphatic heterocycles. The Hall–Kier alpha value is -2.05. The normalized spacial score (nSPS) is 27.1. The van der Waals surface area contributed by atoms with Crippen LogP contribution in [0.3, 0.4) is 0 Å². The predicted molar refractivity (Wildman–Crippen MR) is 81.2 cm³/mol. The van der Waals surface area contributed by atoms with Gasteiger partial charge in [0.25, 0.3) is 5.56 Å². The molecule has 0 spiro atoms. The monoisotopic (exact) mass is 341 g/mol. The van der Waals surface area contributed by atoms with Crippen molar-refractivity contribution in [2.75, 3.05) is 32.7 Å². The number of aromatic amines is 1. The number of hydrogen-bond donors (Lipinski definition) is 4. The average molecular weight is 341 g/mol. The van der Waals surface area contributed by atoms with Crippen LogP contribution >= 0.6 is 0 Å². The van der Waals surface area contributed by atoms with Crippen molar-refractivity contribution in [2.45, 2.75) is 24.5 Å². The molecule has 1 unspecified atom stereocenters. The van der Waals surface area contributed by atoms with Gasteiger partial charge >= 0.3 is 0 Å². The number of nitrogens with one attached hydrogen (secondary N) is 1. The molecular weight excluding hydrogens is 322 g/mol. The third kappa shape index (κ3) is 2.87. The van der Waals surface area contributed by atoms with Crippen LogP contribution in [0.5, 0.6) is 0 Å². The smallest absolute Gasteiger partial charge is 0.280 e. The Labute approximate surface area is 136 Å². The van der Waals surface area contributed by atoms with Crippen LogP contribution in [0.4, 0.5) is 5.95 Å². The highest BCUT2D eigenvalue weighted by molar-refractivity contribution is 5.70. The summed E-state index contributed by atoms with van der Waals surface area (Å²) in [7, 11) is 1.53. The van der Waals surface area contributed by atoms with Gasteiger partial charge in [0.05, 0.1) is 26.1 Å². The van der Waals surface area contributed by atoms with E-state index in [0.717, 1.165) is 0 Å². The number of aromatic nitrogens is 4. The third-order valence-corrected chi connectivity index (χ3v) is 3.81. The Morgan fingerprint density at radius 3 is 3.00 bits per heavy atom. The lowest BCUT2D eigenvalue weighted by molar-refractivity contribution is -0.0678. The van der Waals surface area contributed by atoms with Gasteiger partial charge in [0.1, 0.15) is 18.3 Å². The quantitative estimate of drug-likeness (QED) is 0.435. The van der Waals surface area contributed by atoms with E-state index < -0.39 is 30.1 Å². The number of nitrogens with zero attached hydrogens (tertiary/aromatic N) is 3. The summed E-state index contributed by atoms with van der Waals surface area (Å²) in [4.78, 5) is 22.2. The van der Waals surface area contributed by atoms with Crippen molar-refractivity contribution < 1.29 is 24.4 Å². The molecule has 2 aromatic rings. The molecule has 1 saturated heterocycles. The number of nitrogen functional groups attached to an aromatic ring is 1. The summed E-state index contributed by atoms with van der Waals surface area (Å²) in [6, 6.07) is 0. The maximum atomic E-state index is 11.8. The first-order chi connectivity index (χ1) is 11.6. The second-order valence-electron chi connectivity index (χ2n) is 5.34. The second-order valence-corrected chi connectivity index (χ2v) is 5.34. The van der Waals surface area contributed by atoms with Gasteiger partial charge in [0.15, 0.2) is 17.4 Å². The summed E-state index contributed by atoms with van der Waals surface area (Å²) in [5, 5.41) is 20.0. The van der Waals surface area contributed by atoms with E-state index in [2.05, 4.69) is 15.0 Å². The Morgan fingerprint density at radius 1 is 1.50 bits per heavy atom. The minimum absolute atomic E-state index is 0.0734. The molecule has 4 atom stereocenters. The number of fused-ring (bicyclic) bond motifs is 1. The van der Waals surface area contributed by atoms with E-state index in [9.17, 15) is 15.0 Å². The molecule has 0 amide bonds. The molecule has 0 saturated carbocycles. The summed E-state index contributed by atoms with van der Waals surface area (Å²) >= 11 is 0. The number of methoxy groups -OCH3 is 1. The van der Waals surface area contributed by atoms with Crippen molar-refractivity contribution in [2.24, 2.45) is 0 Å². The standard InChI is InChI=1S/C13H19N5O6/c1-22-2-3-23-9-6(4-19)24-12(8(9)20)18-5-15-7-10(18)16-13(14)17-11(7)21/h5-6,8-9,12,19-20H,2-4H2,1H3,(H3,14,16,17,21)/t6-,8?,9+,12-/m1/s1. The lowest BCUT2D eigenvalue weighted by Crippen LogP contribution is -2.37. The fourth-order valence-corrected chi connectivity index (χ4v) is 2.70. The van der Waals surface area contributed by atoms with Crippen LogP contribution in [0.25, 0.3) is 11.2 Å². The van der Waals surface area contributed by atoms with Crippen molar-refractivity contribution >= 4 is 17.1 Å². The number of anilines is 1. The first kappa shape index (κ1) is 16.8. The van der Waals surface area contributed by atoms with E-state index in [4.69, 9.17) is 19.9 Å². The summed E-state index contributed by atoms with van der Waals surface area (Å²) in [6.45, 7) is 0.238. The van der Waals surface area contributed by atoms with Gasteiger partial charge < -0.3 is 30.2 Å². The molecule has 0 aromatic carbocycles. The number of hydrogen-bond acceptors (Lipinski definition) is 9. The van der Waals surface area contributed by atoms with Gasteiger partial charge in [-0.2, -0.15) is 4.98 Å². The van der Waals surface area contributed by atoms with Crippen molar-refractivity contribution in [3.05, 3.63) is 16.7 Å². The van der Waals surface area contributed by atoms with Crippen LogP contribution in [-0.4, -0.2) is 75.0 Å². The minimum Gasteiger partial charge on any atom is -0.394 e. The van der Waals surface area contributed by atoms with Gasteiger partial charge in [-0.3, -0.25) is 14.3 Å². The minimum atomic E-state index is -1.10. The van der Waals surface area contributed by atoms with Gasteiger partial charge in [0.2, 0.25) is 5.95 Å². The summed E-state index contributed by atoms with van der Waals surface area (Å²) in [6.07, 6.45) is -2.19. The molecule has 1 aliphatic rings. The number of aliphatic hydroxyl groups excluding tert-OH is 2. The molecule has 0 aliphatic carbocycles. The molecule has 0 radical (unpaired) electrons. The summed E-state index contributed by atoms with van der Waals surface area (Å²) < 4.78 is 17.5. The lowest BCUT2D eigenvalue weighted by atomic mass is 10.1. The van der Waals surface area contributed by atoms with E-state index in [1.54, 1.807) is 0 Å². The van der Waals surface area contributed by atoms with E-state index >= 15 is 0 Å². The molecule has 1 fully saturated rings. The zero-order valence-electron chi connectivity index (χ0n) is 13.0. The lowest BCUT2D eigenvalue weighted by Gasteiger charge is -2.19. The Bertz CT molecular complexity index is 761. The fraction of sp³-hybridized carbons (Fsp3) is 0.615. The van der Waals surface area contributed by atoms with E-state index in [0.29, 0.717) is 6.61 Å². The van der Waals surface area contributed by atoms with Crippen LogP contribution in [0, 0.1) is 0 Å². The predicted octanol–water partition coefficient (Wildman–Crippen LogP) is -2.02. The zero-order valence-corrected chi connectivity index (χ0v) is 13.0. The van der Waals surface area contributed by atoms with Crippen LogP contribution in [0.2, 0.25) is 0 Å². The van der Waals surface area contributed by atoms with Gasteiger partial charge in [-0.05, 0) is 0 Å². The number of H-pyrrole nitrogens is 1. The number of ether oxygens (including phenoxy) is 3. The molecule has 11 nitrogen and oxygen atoms in total. The SMILES string of the molecule is COCCO[C@@H]1C(O)[C@H](n2cnc3c(=O)[nH]c(N)nc32)O[C@@H]1CO. The highest BCUT2D eigenvalue weighted by Crippen LogP contribution is 2.32. The van der Waals surface area contributed by atoms with E-state index in [1.807, 2.05) is 0 Å². The third-order valence-electron chi connectivity index (χ3n) is 3.81. The van der Waals surface area contributed by atoms with E-state index in [-0.39, 0.29) is 30.3 Å². The van der Waals surface area contributed by atoms with Gasteiger partial charge in [0, 0.05) is 7.11 Å². The molecule has 11 heteroatoms. The molecular formula is C13H19N5O6. The van der Waals surface area contributed by atoms with Gasteiger partial charge in [-0.25, -0.2) is 4.98 Å². The first-order valence-corrected chi connectivity index (χ1v) is 7.34. The van der Waals surface area contributed by atoms with Crippen LogP contribution in [-0.2, 0) is 14.2 Å². The highest BCUT2D eigenvalue weighted by atomic mass is 16.6. The van der Waals surface area contributed by atoms with E-state index in [1.165, 1.54) is 18.0 Å². The maximum absolute atomic E-state index is 11.8.